The predicted octanol–water partition coefficient (Wildman–Crippen LogP) is 3.48. The summed E-state index contributed by atoms with van der Waals surface area (Å²) in [5.41, 5.74) is 7.92. The quantitative estimate of drug-likeness (QED) is 0.616. The highest BCUT2D eigenvalue weighted by Gasteiger charge is 2.34. The van der Waals surface area contributed by atoms with E-state index in [4.69, 9.17) is 17.3 Å². The number of halogens is 2. The van der Waals surface area contributed by atoms with Gasteiger partial charge in [0.2, 0.25) is 5.91 Å². The molecule has 2 N–H and O–H groups in total. The first kappa shape index (κ1) is 22.1. The second-order valence-electron chi connectivity index (χ2n) is 8.28. The van der Waals surface area contributed by atoms with Crippen molar-refractivity contribution in [2.75, 3.05) is 22.9 Å². The number of carbonyl (C=O) groups excluding carboxylic acids is 3. The molecule has 0 saturated carbocycles. The maximum Gasteiger partial charge on any atom is 0.277 e. The van der Waals surface area contributed by atoms with Gasteiger partial charge in [-0.2, -0.15) is 5.10 Å². The molecule has 0 unspecified atom stereocenters. The van der Waals surface area contributed by atoms with Gasteiger partial charge in [-0.15, -0.1) is 0 Å². The first-order valence-corrected chi connectivity index (χ1v) is 11.3. The van der Waals surface area contributed by atoms with Crippen LogP contribution in [0.5, 0.6) is 0 Å². The first-order valence-electron chi connectivity index (χ1n) is 10.9. The van der Waals surface area contributed by atoms with Crippen molar-refractivity contribution in [3.63, 3.8) is 0 Å². The van der Waals surface area contributed by atoms with Crippen LogP contribution in [0, 0.1) is 5.82 Å². The number of rotatable bonds is 4. The SMILES string of the molecule is NC(=O)c1nn(-c2ccc(F)c(Cl)c2)c2c1CCN(c1ccc(N3CCCCC3=O)cc1)C2=O. The van der Waals surface area contributed by atoms with Crippen LogP contribution in [0.25, 0.3) is 5.69 Å². The number of aromatic nitrogens is 2. The molecule has 2 aliphatic heterocycles. The summed E-state index contributed by atoms with van der Waals surface area (Å²) in [5.74, 6) is -1.64. The Bertz CT molecular complexity index is 1320. The first-order chi connectivity index (χ1) is 16.3. The van der Waals surface area contributed by atoms with Gasteiger partial charge in [0.05, 0.1) is 10.7 Å². The van der Waals surface area contributed by atoms with Crippen LogP contribution in [0.15, 0.2) is 42.5 Å². The van der Waals surface area contributed by atoms with Crippen molar-refractivity contribution in [2.45, 2.75) is 25.7 Å². The number of nitrogens with two attached hydrogens (primary N) is 1. The summed E-state index contributed by atoms with van der Waals surface area (Å²) in [6.07, 6.45) is 2.76. The Morgan fingerprint density at radius 3 is 2.26 bits per heavy atom. The van der Waals surface area contributed by atoms with Gasteiger partial charge in [0.15, 0.2) is 5.69 Å². The van der Waals surface area contributed by atoms with E-state index in [1.165, 1.54) is 22.9 Å². The highest BCUT2D eigenvalue weighted by atomic mass is 35.5. The molecule has 0 spiro atoms. The molecular weight excluding hydrogens is 461 g/mol. The molecule has 1 saturated heterocycles. The minimum Gasteiger partial charge on any atom is -0.364 e. The highest BCUT2D eigenvalue weighted by Crippen LogP contribution is 2.31. The predicted molar refractivity (Wildman–Crippen MR) is 125 cm³/mol. The number of fused-ring (bicyclic) bond motifs is 1. The molecule has 1 fully saturated rings. The van der Waals surface area contributed by atoms with E-state index in [1.807, 2.05) is 12.1 Å². The van der Waals surface area contributed by atoms with E-state index in [-0.39, 0.29) is 28.2 Å². The molecule has 10 heteroatoms. The molecule has 8 nitrogen and oxygen atoms in total. The summed E-state index contributed by atoms with van der Waals surface area (Å²) in [7, 11) is 0. The van der Waals surface area contributed by atoms with Crippen molar-refractivity contribution in [2.24, 2.45) is 5.73 Å². The number of primary amides is 1. The Morgan fingerprint density at radius 2 is 1.62 bits per heavy atom. The second kappa shape index (κ2) is 8.57. The van der Waals surface area contributed by atoms with Crippen molar-refractivity contribution in [3.8, 4) is 5.69 Å². The minimum atomic E-state index is -0.750. The van der Waals surface area contributed by atoms with E-state index in [0.717, 1.165) is 18.5 Å². The Balaban J connectivity index is 1.51. The number of anilines is 2. The molecule has 0 radical (unpaired) electrons. The van der Waals surface area contributed by atoms with Crippen LogP contribution in [-0.4, -0.2) is 40.6 Å². The lowest BCUT2D eigenvalue weighted by Gasteiger charge is -2.29. The third-order valence-electron chi connectivity index (χ3n) is 6.19. The van der Waals surface area contributed by atoms with E-state index in [1.54, 1.807) is 21.9 Å². The van der Waals surface area contributed by atoms with Crippen LogP contribution in [0.4, 0.5) is 15.8 Å². The number of benzene rings is 2. The summed E-state index contributed by atoms with van der Waals surface area (Å²) in [6, 6.07) is 11.2. The number of piperidine rings is 1. The molecule has 0 bridgehead atoms. The molecular formula is C24H21ClFN5O3. The van der Waals surface area contributed by atoms with Gasteiger partial charge in [-0.25, -0.2) is 9.07 Å². The third kappa shape index (κ3) is 3.71. The lowest BCUT2D eigenvalue weighted by molar-refractivity contribution is -0.119. The van der Waals surface area contributed by atoms with E-state index in [0.29, 0.717) is 42.9 Å². The second-order valence-corrected chi connectivity index (χ2v) is 8.68. The lowest BCUT2D eigenvalue weighted by Crippen LogP contribution is -2.39. The van der Waals surface area contributed by atoms with Gasteiger partial charge in [0.25, 0.3) is 11.8 Å². The van der Waals surface area contributed by atoms with Gasteiger partial charge in [0.1, 0.15) is 11.5 Å². The number of hydrogen-bond donors (Lipinski definition) is 1. The van der Waals surface area contributed by atoms with Crippen LogP contribution in [0.2, 0.25) is 5.02 Å². The highest BCUT2D eigenvalue weighted by molar-refractivity contribution is 6.30. The molecule has 2 aromatic carbocycles. The molecule has 0 aliphatic carbocycles. The van der Waals surface area contributed by atoms with Gasteiger partial charge in [-0.3, -0.25) is 14.4 Å². The molecule has 2 aliphatic rings. The van der Waals surface area contributed by atoms with Crippen LogP contribution in [-0.2, 0) is 11.2 Å². The zero-order chi connectivity index (χ0) is 24.0. The fraction of sp³-hybridized carbons (Fsp3) is 0.250. The monoisotopic (exact) mass is 481 g/mol. The number of nitrogens with zero attached hydrogens (tertiary/aromatic N) is 4. The third-order valence-corrected chi connectivity index (χ3v) is 6.48. The fourth-order valence-electron chi connectivity index (χ4n) is 4.50. The van der Waals surface area contributed by atoms with Crippen LogP contribution < -0.4 is 15.5 Å². The molecule has 3 heterocycles. The average Bonchev–Trinajstić information content (AvgIpc) is 3.23. The van der Waals surface area contributed by atoms with Crippen molar-refractivity contribution < 1.29 is 18.8 Å². The minimum absolute atomic E-state index is 0.00223. The molecule has 34 heavy (non-hydrogen) atoms. The summed E-state index contributed by atoms with van der Waals surface area (Å²) in [4.78, 5) is 41.2. The van der Waals surface area contributed by atoms with Crippen LogP contribution in [0.3, 0.4) is 0 Å². The Labute approximate surface area is 199 Å². The molecule has 1 aromatic heterocycles. The van der Waals surface area contributed by atoms with E-state index >= 15 is 0 Å². The van der Waals surface area contributed by atoms with E-state index in [9.17, 15) is 18.8 Å². The van der Waals surface area contributed by atoms with E-state index in [2.05, 4.69) is 5.10 Å². The van der Waals surface area contributed by atoms with Gasteiger partial charge >= 0.3 is 0 Å². The Kier molecular flexibility index (Phi) is 5.57. The summed E-state index contributed by atoms with van der Waals surface area (Å²) < 4.78 is 15.0. The van der Waals surface area contributed by atoms with Crippen molar-refractivity contribution in [3.05, 3.63) is 70.3 Å². The molecule has 0 atom stereocenters. The zero-order valence-corrected chi connectivity index (χ0v) is 18.9. The maximum atomic E-state index is 13.7. The van der Waals surface area contributed by atoms with Gasteiger partial charge in [-0.05, 0) is 61.7 Å². The summed E-state index contributed by atoms with van der Waals surface area (Å²) in [6.45, 7) is 1.00. The van der Waals surface area contributed by atoms with Gasteiger partial charge in [0, 0.05) is 36.4 Å². The average molecular weight is 482 g/mol. The normalized spacial score (nSPS) is 16.1. The van der Waals surface area contributed by atoms with Crippen LogP contribution in [0.1, 0.15) is 45.8 Å². The van der Waals surface area contributed by atoms with Crippen molar-refractivity contribution in [1.29, 1.82) is 0 Å². The molecule has 3 amide bonds. The lowest BCUT2D eigenvalue weighted by atomic mass is 10.0. The Morgan fingerprint density at radius 1 is 0.941 bits per heavy atom. The number of amides is 3. The summed E-state index contributed by atoms with van der Waals surface area (Å²) in [5, 5.41) is 4.13. The largest absolute Gasteiger partial charge is 0.364 e. The molecule has 174 valence electrons. The summed E-state index contributed by atoms with van der Waals surface area (Å²) >= 11 is 5.94. The zero-order valence-electron chi connectivity index (χ0n) is 18.1. The molecule has 3 aromatic rings. The maximum absolute atomic E-state index is 13.7. The van der Waals surface area contributed by atoms with Crippen molar-refractivity contribution >= 4 is 40.7 Å². The topological polar surface area (TPSA) is 102 Å². The number of hydrogen-bond acceptors (Lipinski definition) is 4. The van der Waals surface area contributed by atoms with Crippen LogP contribution >= 0.6 is 11.6 Å². The standard InChI is InChI=1S/C24H21ClFN5O3/c25-18-13-16(8-9-19(18)26)31-22-17(21(28-31)23(27)33)10-12-30(24(22)34)15-6-4-14(5-7-15)29-11-2-1-3-20(29)32/h4-9,13H,1-3,10-12H2,(H2,27,33). The smallest absolute Gasteiger partial charge is 0.277 e. The van der Waals surface area contributed by atoms with E-state index < -0.39 is 11.7 Å². The fourth-order valence-corrected chi connectivity index (χ4v) is 4.67. The van der Waals surface area contributed by atoms with Gasteiger partial charge < -0.3 is 15.5 Å². The Hall–Kier alpha value is -3.72. The van der Waals surface area contributed by atoms with Gasteiger partial charge in [-0.1, -0.05) is 11.6 Å². The molecule has 5 rings (SSSR count). The van der Waals surface area contributed by atoms with Crippen molar-refractivity contribution in [1.82, 2.24) is 9.78 Å². The number of carbonyl (C=O) groups is 3.